The number of para-hydroxylation sites is 1. The fourth-order valence-electron chi connectivity index (χ4n) is 3.84. The van der Waals surface area contributed by atoms with Crippen LogP contribution in [0.2, 0.25) is 0 Å². The molecule has 150 valence electrons. The summed E-state index contributed by atoms with van der Waals surface area (Å²) in [5, 5.41) is 12.8. The van der Waals surface area contributed by atoms with Gasteiger partial charge in [0.1, 0.15) is 0 Å². The van der Waals surface area contributed by atoms with E-state index >= 15 is 0 Å². The molecule has 7 heteroatoms. The predicted molar refractivity (Wildman–Crippen MR) is 115 cm³/mol. The van der Waals surface area contributed by atoms with E-state index in [1.165, 1.54) is 17.7 Å². The predicted octanol–water partition coefficient (Wildman–Crippen LogP) is 2.06. The molecular weight excluding hydrogens is 358 g/mol. The molecule has 1 heterocycles. The lowest BCUT2D eigenvalue weighted by Gasteiger charge is -2.37. The van der Waals surface area contributed by atoms with Gasteiger partial charge in [-0.1, -0.05) is 25.0 Å². The second kappa shape index (κ2) is 10.3. The summed E-state index contributed by atoms with van der Waals surface area (Å²) in [7, 11) is 0. The minimum Gasteiger partial charge on any atom is -0.395 e. The molecule has 0 aromatic heterocycles. The fraction of sp³-hybridized carbons (Fsp3) is 0.650. The van der Waals surface area contributed by atoms with E-state index in [0.717, 1.165) is 57.2 Å². The highest BCUT2D eigenvalue weighted by molar-refractivity contribution is 7.98. The SMILES string of the molecule is CSc1ccccc1NC(=N[C@H]1CCCC[C@@H]1N)N1CCN(CCO)CC1. The van der Waals surface area contributed by atoms with E-state index in [1.54, 1.807) is 11.8 Å². The summed E-state index contributed by atoms with van der Waals surface area (Å²) in [6.07, 6.45) is 6.65. The molecule has 1 aromatic carbocycles. The van der Waals surface area contributed by atoms with Crippen molar-refractivity contribution in [2.24, 2.45) is 10.7 Å². The Morgan fingerprint density at radius 2 is 1.96 bits per heavy atom. The Kier molecular flexibility index (Phi) is 7.81. The lowest BCUT2D eigenvalue weighted by atomic mass is 9.91. The minimum absolute atomic E-state index is 0.155. The van der Waals surface area contributed by atoms with Gasteiger partial charge in [0.2, 0.25) is 0 Å². The topological polar surface area (TPSA) is 77.1 Å². The summed E-state index contributed by atoms with van der Waals surface area (Å²) in [4.78, 5) is 11.0. The maximum atomic E-state index is 9.18. The average Bonchev–Trinajstić information content (AvgIpc) is 2.70. The van der Waals surface area contributed by atoms with Gasteiger partial charge in [0, 0.05) is 43.7 Å². The third-order valence-corrected chi connectivity index (χ3v) is 6.31. The van der Waals surface area contributed by atoms with Crippen LogP contribution in [-0.4, -0.2) is 78.5 Å². The van der Waals surface area contributed by atoms with Crippen LogP contribution in [0.3, 0.4) is 0 Å². The Morgan fingerprint density at radius 3 is 2.67 bits per heavy atom. The Labute approximate surface area is 167 Å². The molecule has 0 amide bonds. The number of anilines is 1. The lowest BCUT2D eigenvalue weighted by molar-refractivity contribution is 0.146. The smallest absolute Gasteiger partial charge is 0.198 e. The number of guanidine groups is 1. The number of aliphatic hydroxyl groups is 1. The van der Waals surface area contributed by atoms with Crippen LogP contribution in [0, 0.1) is 0 Å². The first kappa shape index (κ1) is 20.5. The third-order valence-electron chi connectivity index (χ3n) is 5.51. The van der Waals surface area contributed by atoms with Gasteiger partial charge in [-0.3, -0.25) is 4.90 Å². The zero-order valence-corrected chi connectivity index (χ0v) is 17.1. The van der Waals surface area contributed by atoms with Gasteiger partial charge in [-0.25, -0.2) is 4.99 Å². The third kappa shape index (κ3) is 5.60. The molecule has 6 nitrogen and oxygen atoms in total. The van der Waals surface area contributed by atoms with Gasteiger partial charge >= 0.3 is 0 Å². The number of hydrogen-bond acceptors (Lipinski definition) is 5. The lowest BCUT2D eigenvalue weighted by Crippen LogP contribution is -2.52. The van der Waals surface area contributed by atoms with Crippen molar-refractivity contribution in [3.63, 3.8) is 0 Å². The van der Waals surface area contributed by atoms with Crippen LogP contribution in [0.25, 0.3) is 0 Å². The number of aliphatic imine (C=N–C) groups is 1. The quantitative estimate of drug-likeness (QED) is 0.405. The number of aliphatic hydroxyl groups excluding tert-OH is 1. The van der Waals surface area contributed by atoms with Crippen molar-refractivity contribution in [1.82, 2.24) is 9.80 Å². The number of nitrogens with zero attached hydrogens (tertiary/aromatic N) is 3. The Hall–Kier alpha value is -1.28. The van der Waals surface area contributed by atoms with Gasteiger partial charge in [0.15, 0.2) is 5.96 Å². The van der Waals surface area contributed by atoms with E-state index in [2.05, 4.69) is 45.6 Å². The van der Waals surface area contributed by atoms with E-state index in [0.29, 0.717) is 0 Å². The number of nitrogens with two attached hydrogens (primary N) is 1. The first-order chi connectivity index (χ1) is 13.2. The molecule has 2 fully saturated rings. The summed E-state index contributed by atoms with van der Waals surface area (Å²) >= 11 is 1.74. The van der Waals surface area contributed by atoms with Crippen LogP contribution in [0.1, 0.15) is 25.7 Å². The molecule has 1 aliphatic heterocycles. The Morgan fingerprint density at radius 1 is 1.22 bits per heavy atom. The first-order valence-electron chi connectivity index (χ1n) is 10.0. The van der Waals surface area contributed by atoms with E-state index in [9.17, 15) is 5.11 Å². The number of thioether (sulfide) groups is 1. The van der Waals surface area contributed by atoms with Gasteiger partial charge in [-0.2, -0.15) is 0 Å². The van der Waals surface area contributed by atoms with Crippen LogP contribution in [0.15, 0.2) is 34.2 Å². The standard InChI is InChI=1S/C20H33N5OS/c1-27-19-9-5-4-8-18(19)23-20(22-17-7-3-2-6-16(17)21)25-12-10-24(11-13-25)14-15-26/h4-5,8-9,16-17,26H,2-3,6-7,10-15,21H2,1H3,(H,22,23)/t16-,17-/m0/s1. The summed E-state index contributed by atoms with van der Waals surface area (Å²) in [6, 6.07) is 8.73. The van der Waals surface area contributed by atoms with Crippen molar-refractivity contribution in [1.29, 1.82) is 0 Å². The average molecular weight is 392 g/mol. The summed E-state index contributed by atoms with van der Waals surface area (Å²) < 4.78 is 0. The molecule has 1 aromatic rings. The molecule has 0 spiro atoms. The van der Waals surface area contributed by atoms with E-state index in [4.69, 9.17) is 10.7 Å². The maximum absolute atomic E-state index is 9.18. The van der Waals surface area contributed by atoms with Crippen LogP contribution < -0.4 is 11.1 Å². The van der Waals surface area contributed by atoms with Crippen molar-refractivity contribution in [3.8, 4) is 0 Å². The zero-order valence-electron chi connectivity index (χ0n) is 16.3. The molecule has 4 N–H and O–H groups in total. The van der Waals surface area contributed by atoms with Gasteiger partial charge in [0.25, 0.3) is 0 Å². The van der Waals surface area contributed by atoms with Gasteiger partial charge in [-0.05, 0) is 31.2 Å². The number of hydrogen-bond donors (Lipinski definition) is 3. The highest BCUT2D eigenvalue weighted by Gasteiger charge is 2.25. The molecular formula is C20H33N5OS. The largest absolute Gasteiger partial charge is 0.395 e. The summed E-state index contributed by atoms with van der Waals surface area (Å²) in [5.74, 6) is 0.947. The molecule has 0 unspecified atom stereocenters. The monoisotopic (exact) mass is 391 g/mol. The van der Waals surface area contributed by atoms with Crippen molar-refractivity contribution in [3.05, 3.63) is 24.3 Å². The summed E-state index contributed by atoms with van der Waals surface area (Å²) in [6.45, 7) is 4.68. The van der Waals surface area contributed by atoms with Crippen molar-refractivity contribution in [2.45, 2.75) is 42.7 Å². The fourth-order valence-corrected chi connectivity index (χ4v) is 4.40. The molecule has 27 heavy (non-hydrogen) atoms. The highest BCUT2D eigenvalue weighted by atomic mass is 32.2. The minimum atomic E-state index is 0.155. The van der Waals surface area contributed by atoms with E-state index in [1.807, 2.05) is 0 Å². The number of nitrogens with one attached hydrogen (secondary N) is 1. The van der Waals surface area contributed by atoms with Crippen LogP contribution in [-0.2, 0) is 0 Å². The Balaban J connectivity index is 1.78. The number of β-amino-alcohol motifs (C(OH)–C–C–N with tert-alkyl or cyclic N) is 1. The maximum Gasteiger partial charge on any atom is 0.198 e. The molecule has 2 aliphatic rings. The van der Waals surface area contributed by atoms with Crippen LogP contribution in [0.4, 0.5) is 5.69 Å². The number of benzene rings is 1. The molecule has 0 radical (unpaired) electrons. The van der Waals surface area contributed by atoms with Crippen molar-refractivity contribution >= 4 is 23.4 Å². The molecule has 3 rings (SSSR count). The number of piperazine rings is 1. The molecule has 1 saturated heterocycles. The molecule has 1 saturated carbocycles. The second-order valence-electron chi connectivity index (χ2n) is 7.35. The normalized spacial score (nSPS) is 24.9. The molecule has 0 bridgehead atoms. The van der Waals surface area contributed by atoms with Crippen molar-refractivity contribution < 1.29 is 5.11 Å². The van der Waals surface area contributed by atoms with Gasteiger partial charge in [-0.15, -0.1) is 11.8 Å². The molecule has 1 aliphatic carbocycles. The van der Waals surface area contributed by atoms with Crippen molar-refractivity contribution in [2.75, 3.05) is 50.9 Å². The van der Waals surface area contributed by atoms with Crippen LogP contribution in [0.5, 0.6) is 0 Å². The Bertz CT molecular complexity index is 618. The first-order valence-corrected chi connectivity index (χ1v) is 11.3. The summed E-state index contributed by atoms with van der Waals surface area (Å²) in [5.41, 5.74) is 7.48. The molecule has 2 atom stereocenters. The van der Waals surface area contributed by atoms with Gasteiger partial charge < -0.3 is 21.1 Å². The van der Waals surface area contributed by atoms with Crippen LogP contribution >= 0.6 is 11.8 Å². The van der Waals surface area contributed by atoms with E-state index in [-0.39, 0.29) is 18.7 Å². The second-order valence-corrected chi connectivity index (χ2v) is 8.19. The van der Waals surface area contributed by atoms with Gasteiger partial charge in [0.05, 0.1) is 18.3 Å². The number of rotatable bonds is 5. The zero-order chi connectivity index (χ0) is 19.1. The van der Waals surface area contributed by atoms with E-state index < -0.39 is 0 Å². The highest BCUT2D eigenvalue weighted by Crippen LogP contribution is 2.26.